The Morgan fingerprint density at radius 2 is 2.29 bits per heavy atom. The predicted molar refractivity (Wildman–Crippen MR) is 76.0 cm³/mol. The first-order valence-electron chi connectivity index (χ1n) is 6.43. The maximum Gasteiger partial charge on any atom is 0.0323 e. The topological polar surface area (TPSA) is 29.3 Å². The van der Waals surface area contributed by atoms with Gasteiger partial charge >= 0.3 is 0 Å². The molecule has 0 radical (unpaired) electrons. The number of nitrogens with two attached hydrogens (primary N) is 1. The van der Waals surface area contributed by atoms with Crippen molar-refractivity contribution in [1.29, 1.82) is 0 Å². The molecule has 1 aliphatic heterocycles. The molecule has 1 heterocycles. The standard InChI is InChI=1S/C14H21BrN2/c1-11(12-5-4-6-13(15)9-12)17-8-3-2-7-14(17)10-16/h4-6,9,11,14H,2-3,7-8,10,16H2,1H3. The zero-order valence-corrected chi connectivity index (χ0v) is 12.0. The fraction of sp³-hybridized carbons (Fsp3) is 0.571. The lowest BCUT2D eigenvalue weighted by molar-refractivity contribution is 0.108. The third-order valence-corrected chi connectivity index (χ3v) is 4.27. The highest BCUT2D eigenvalue weighted by Crippen LogP contribution is 2.29. The van der Waals surface area contributed by atoms with Crippen LogP contribution in [0.4, 0.5) is 0 Å². The summed E-state index contributed by atoms with van der Waals surface area (Å²) in [5.41, 5.74) is 7.26. The van der Waals surface area contributed by atoms with Crippen LogP contribution in [0.2, 0.25) is 0 Å². The Kier molecular flexibility index (Phi) is 4.60. The molecule has 0 aromatic heterocycles. The molecule has 94 valence electrons. The Balaban J connectivity index is 2.15. The van der Waals surface area contributed by atoms with Gasteiger partial charge in [0.15, 0.2) is 0 Å². The number of halogens is 1. The molecule has 3 heteroatoms. The third kappa shape index (κ3) is 3.09. The van der Waals surface area contributed by atoms with Crippen LogP contribution in [0, 0.1) is 0 Å². The van der Waals surface area contributed by atoms with Gasteiger partial charge in [-0.05, 0) is 44.0 Å². The van der Waals surface area contributed by atoms with E-state index in [1.165, 1.54) is 31.4 Å². The van der Waals surface area contributed by atoms with Crippen molar-refractivity contribution in [2.45, 2.75) is 38.3 Å². The van der Waals surface area contributed by atoms with E-state index in [4.69, 9.17) is 5.73 Å². The van der Waals surface area contributed by atoms with Gasteiger partial charge in [0, 0.05) is 23.1 Å². The summed E-state index contributed by atoms with van der Waals surface area (Å²) in [5, 5.41) is 0. The molecule has 1 aromatic rings. The number of hydrogen-bond donors (Lipinski definition) is 1. The van der Waals surface area contributed by atoms with Crippen molar-refractivity contribution in [3.8, 4) is 0 Å². The van der Waals surface area contributed by atoms with Gasteiger partial charge in [0.25, 0.3) is 0 Å². The summed E-state index contributed by atoms with van der Waals surface area (Å²) in [6.07, 6.45) is 3.87. The fourth-order valence-electron chi connectivity index (χ4n) is 2.74. The molecule has 2 N–H and O–H groups in total. The monoisotopic (exact) mass is 296 g/mol. The van der Waals surface area contributed by atoms with Crippen molar-refractivity contribution in [2.24, 2.45) is 5.73 Å². The van der Waals surface area contributed by atoms with Gasteiger partial charge in [0.2, 0.25) is 0 Å². The zero-order chi connectivity index (χ0) is 12.3. The van der Waals surface area contributed by atoms with Crippen LogP contribution in [0.5, 0.6) is 0 Å². The van der Waals surface area contributed by atoms with E-state index in [1.807, 2.05) is 0 Å². The van der Waals surface area contributed by atoms with E-state index in [9.17, 15) is 0 Å². The Bertz CT molecular complexity index is 367. The van der Waals surface area contributed by atoms with Crippen LogP contribution in [-0.4, -0.2) is 24.0 Å². The quantitative estimate of drug-likeness (QED) is 0.927. The molecule has 0 bridgehead atoms. The number of piperidine rings is 1. The maximum absolute atomic E-state index is 5.89. The summed E-state index contributed by atoms with van der Waals surface area (Å²) in [6.45, 7) is 4.24. The van der Waals surface area contributed by atoms with Gasteiger partial charge in [-0.15, -0.1) is 0 Å². The summed E-state index contributed by atoms with van der Waals surface area (Å²) in [7, 11) is 0. The normalized spacial score (nSPS) is 23.6. The lowest BCUT2D eigenvalue weighted by Gasteiger charge is -2.39. The van der Waals surface area contributed by atoms with E-state index in [2.05, 4.69) is 52.0 Å². The summed E-state index contributed by atoms with van der Waals surface area (Å²) in [4.78, 5) is 2.56. The van der Waals surface area contributed by atoms with Gasteiger partial charge in [-0.2, -0.15) is 0 Å². The van der Waals surface area contributed by atoms with Gasteiger partial charge in [0.1, 0.15) is 0 Å². The molecule has 1 aliphatic rings. The third-order valence-electron chi connectivity index (χ3n) is 3.77. The van der Waals surface area contributed by atoms with Crippen LogP contribution >= 0.6 is 15.9 Å². The maximum atomic E-state index is 5.89. The fourth-order valence-corrected chi connectivity index (χ4v) is 3.16. The molecule has 0 spiro atoms. The molecule has 2 nitrogen and oxygen atoms in total. The minimum atomic E-state index is 0.460. The molecule has 2 unspecified atom stereocenters. The highest BCUT2D eigenvalue weighted by Gasteiger charge is 2.26. The van der Waals surface area contributed by atoms with Crippen LogP contribution in [0.1, 0.15) is 37.8 Å². The van der Waals surface area contributed by atoms with Crippen molar-refractivity contribution in [2.75, 3.05) is 13.1 Å². The first-order chi connectivity index (χ1) is 8.22. The van der Waals surface area contributed by atoms with E-state index in [-0.39, 0.29) is 0 Å². The molecule has 0 aliphatic carbocycles. The van der Waals surface area contributed by atoms with E-state index < -0.39 is 0 Å². The van der Waals surface area contributed by atoms with Crippen molar-refractivity contribution in [3.05, 3.63) is 34.3 Å². The number of rotatable bonds is 3. The Hall–Kier alpha value is -0.380. The van der Waals surface area contributed by atoms with Crippen LogP contribution in [0.25, 0.3) is 0 Å². The van der Waals surface area contributed by atoms with Gasteiger partial charge < -0.3 is 5.73 Å². The molecule has 1 fully saturated rings. The molecule has 2 rings (SSSR count). The highest BCUT2D eigenvalue weighted by atomic mass is 79.9. The molecule has 17 heavy (non-hydrogen) atoms. The predicted octanol–water partition coefficient (Wildman–Crippen LogP) is 3.32. The van der Waals surface area contributed by atoms with E-state index >= 15 is 0 Å². The zero-order valence-electron chi connectivity index (χ0n) is 10.4. The molecular weight excluding hydrogens is 276 g/mol. The first kappa shape index (κ1) is 13.1. The summed E-state index contributed by atoms with van der Waals surface area (Å²) < 4.78 is 1.16. The largest absolute Gasteiger partial charge is 0.329 e. The van der Waals surface area contributed by atoms with Crippen LogP contribution in [0.15, 0.2) is 28.7 Å². The minimum Gasteiger partial charge on any atom is -0.329 e. The van der Waals surface area contributed by atoms with Crippen LogP contribution in [-0.2, 0) is 0 Å². The average molecular weight is 297 g/mol. The number of likely N-dealkylation sites (tertiary alicyclic amines) is 1. The molecular formula is C14H21BrN2. The van der Waals surface area contributed by atoms with E-state index in [0.717, 1.165) is 11.0 Å². The lowest BCUT2D eigenvalue weighted by Crippen LogP contribution is -2.45. The molecule has 0 saturated carbocycles. The van der Waals surface area contributed by atoms with Crippen molar-refractivity contribution in [3.63, 3.8) is 0 Å². The Morgan fingerprint density at radius 1 is 1.47 bits per heavy atom. The van der Waals surface area contributed by atoms with Gasteiger partial charge in [-0.1, -0.05) is 34.5 Å². The van der Waals surface area contributed by atoms with Gasteiger partial charge in [-0.3, -0.25) is 4.90 Å². The minimum absolute atomic E-state index is 0.460. The summed E-state index contributed by atoms with van der Waals surface area (Å²) in [6, 6.07) is 9.62. The highest BCUT2D eigenvalue weighted by molar-refractivity contribution is 9.10. The second-order valence-electron chi connectivity index (χ2n) is 4.85. The van der Waals surface area contributed by atoms with Gasteiger partial charge in [-0.25, -0.2) is 0 Å². The average Bonchev–Trinajstić information content (AvgIpc) is 2.38. The summed E-state index contributed by atoms with van der Waals surface area (Å²) >= 11 is 3.54. The van der Waals surface area contributed by atoms with E-state index in [1.54, 1.807) is 0 Å². The molecule has 1 aromatic carbocycles. The van der Waals surface area contributed by atoms with E-state index in [0.29, 0.717) is 12.1 Å². The number of hydrogen-bond acceptors (Lipinski definition) is 2. The second kappa shape index (κ2) is 5.98. The summed E-state index contributed by atoms with van der Waals surface area (Å²) in [5.74, 6) is 0. The Morgan fingerprint density at radius 3 is 3.00 bits per heavy atom. The lowest BCUT2D eigenvalue weighted by atomic mass is 9.97. The van der Waals surface area contributed by atoms with Crippen molar-refractivity contribution in [1.82, 2.24) is 4.90 Å². The second-order valence-corrected chi connectivity index (χ2v) is 5.77. The first-order valence-corrected chi connectivity index (χ1v) is 7.23. The number of nitrogens with zero attached hydrogens (tertiary/aromatic N) is 1. The van der Waals surface area contributed by atoms with Crippen LogP contribution in [0.3, 0.4) is 0 Å². The molecule has 0 amide bonds. The molecule has 1 saturated heterocycles. The smallest absolute Gasteiger partial charge is 0.0323 e. The molecule has 2 atom stereocenters. The number of benzene rings is 1. The van der Waals surface area contributed by atoms with Crippen molar-refractivity contribution >= 4 is 15.9 Å². The van der Waals surface area contributed by atoms with Gasteiger partial charge in [0.05, 0.1) is 0 Å². The SMILES string of the molecule is CC(c1cccc(Br)c1)N1CCCCC1CN. The van der Waals surface area contributed by atoms with Crippen molar-refractivity contribution < 1.29 is 0 Å². The van der Waals surface area contributed by atoms with Crippen LogP contribution < -0.4 is 5.73 Å². The Labute approximate surface area is 112 Å².